The van der Waals surface area contributed by atoms with Crippen molar-refractivity contribution in [1.29, 1.82) is 0 Å². The standard InChI is InChI=1S/C25H27F3N2O5/c1-15(2)21(11-22(31)30(12-23(32)33)14-25(26,27)28)29-24(34)35-13-20-18-9-5-3-7-16(18)17-8-4-6-10-19(17)20/h3-10,15,20-21H,11-14H2,1-2H3,(H,29,34)(H,32,33)/t21-/m1/s1. The molecule has 0 spiro atoms. The van der Waals surface area contributed by atoms with Crippen LogP contribution in [-0.4, -0.2) is 59.9 Å². The summed E-state index contributed by atoms with van der Waals surface area (Å²) >= 11 is 0. The van der Waals surface area contributed by atoms with Gasteiger partial charge in [0, 0.05) is 18.4 Å². The lowest BCUT2D eigenvalue weighted by molar-refractivity contribution is -0.166. The number of hydrogen-bond acceptors (Lipinski definition) is 4. The Bertz CT molecular complexity index is 1040. The van der Waals surface area contributed by atoms with Gasteiger partial charge in [-0.05, 0) is 28.2 Å². The molecule has 0 fully saturated rings. The molecule has 2 aromatic rings. The molecule has 0 aliphatic heterocycles. The van der Waals surface area contributed by atoms with Gasteiger partial charge in [-0.15, -0.1) is 0 Å². The van der Waals surface area contributed by atoms with Crippen LogP contribution < -0.4 is 5.32 Å². The number of ether oxygens (including phenoxy) is 1. The summed E-state index contributed by atoms with van der Waals surface area (Å²) < 4.78 is 43.9. The maximum Gasteiger partial charge on any atom is 0.407 e. The van der Waals surface area contributed by atoms with E-state index in [2.05, 4.69) is 5.32 Å². The van der Waals surface area contributed by atoms with E-state index in [-0.39, 0.29) is 23.3 Å². The van der Waals surface area contributed by atoms with Crippen LogP contribution in [0.5, 0.6) is 0 Å². The molecule has 1 aliphatic rings. The lowest BCUT2D eigenvalue weighted by atomic mass is 9.98. The van der Waals surface area contributed by atoms with Crippen LogP contribution in [0.2, 0.25) is 0 Å². The molecule has 0 unspecified atom stereocenters. The first kappa shape index (κ1) is 26.1. The van der Waals surface area contributed by atoms with Crippen LogP contribution in [0.15, 0.2) is 48.5 Å². The molecule has 7 nitrogen and oxygen atoms in total. The molecule has 0 heterocycles. The zero-order valence-electron chi connectivity index (χ0n) is 19.3. The van der Waals surface area contributed by atoms with Gasteiger partial charge in [-0.25, -0.2) is 4.79 Å². The second-order valence-electron chi connectivity index (χ2n) is 8.78. The van der Waals surface area contributed by atoms with Crippen molar-refractivity contribution in [3.63, 3.8) is 0 Å². The van der Waals surface area contributed by atoms with E-state index >= 15 is 0 Å². The minimum Gasteiger partial charge on any atom is -0.480 e. The van der Waals surface area contributed by atoms with E-state index < -0.39 is 49.7 Å². The molecule has 0 bridgehead atoms. The molecular formula is C25H27F3N2O5. The third-order valence-corrected chi connectivity index (χ3v) is 5.90. The van der Waals surface area contributed by atoms with Gasteiger partial charge < -0.3 is 20.1 Å². The van der Waals surface area contributed by atoms with Crippen molar-refractivity contribution in [3.8, 4) is 11.1 Å². The normalized spacial score (nSPS) is 13.7. The van der Waals surface area contributed by atoms with Gasteiger partial charge in [-0.3, -0.25) is 9.59 Å². The van der Waals surface area contributed by atoms with Crippen molar-refractivity contribution >= 4 is 18.0 Å². The van der Waals surface area contributed by atoms with Gasteiger partial charge in [0.15, 0.2) is 0 Å². The minimum absolute atomic E-state index is 0.0395. The van der Waals surface area contributed by atoms with Crippen LogP contribution in [0.25, 0.3) is 11.1 Å². The molecule has 188 valence electrons. The van der Waals surface area contributed by atoms with Crippen molar-refractivity contribution < 1.29 is 37.4 Å². The van der Waals surface area contributed by atoms with E-state index in [9.17, 15) is 27.6 Å². The van der Waals surface area contributed by atoms with E-state index in [1.807, 2.05) is 48.5 Å². The fourth-order valence-corrected chi connectivity index (χ4v) is 4.17. The van der Waals surface area contributed by atoms with Crippen LogP contribution in [-0.2, 0) is 14.3 Å². The molecule has 35 heavy (non-hydrogen) atoms. The highest BCUT2D eigenvalue weighted by Gasteiger charge is 2.35. The first-order chi connectivity index (χ1) is 16.5. The maximum absolute atomic E-state index is 12.8. The lowest BCUT2D eigenvalue weighted by Gasteiger charge is -2.27. The largest absolute Gasteiger partial charge is 0.480 e. The highest BCUT2D eigenvalue weighted by atomic mass is 19.4. The van der Waals surface area contributed by atoms with Gasteiger partial charge in [0.2, 0.25) is 5.91 Å². The number of nitrogens with zero attached hydrogens (tertiary/aromatic N) is 1. The summed E-state index contributed by atoms with van der Waals surface area (Å²) in [5.74, 6) is -3.09. The highest BCUT2D eigenvalue weighted by molar-refractivity contribution is 5.82. The van der Waals surface area contributed by atoms with Gasteiger partial charge >= 0.3 is 18.2 Å². The van der Waals surface area contributed by atoms with Crippen LogP contribution in [0, 0.1) is 5.92 Å². The van der Waals surface area contributed by atoms with Gasteiger partial charge in [-0.2, -0.15) is 13.2 Å². The zero-order chi connectivity index (χ0) is 25.8. The predicted molar refractivity (Wildman–Crippen MR) is 122 cm³/mol. The lowest BCUT2D eigenvalue weighted by Crippen LogP contribution is -2.47. The molecule has 2 N–H and O–H groups in total. The Morgan fingerprint density at radius 2 is 1.57 bits per heavy atom. The fourth-order valence-electron chi connectivity index (χ4n) is 4.17. The molecule has 0 saturated heterocycles. The van der Waals surface area contributed by atoms with Gasteiger partial charge in [-0.1, -0.05) is 62.4 Å². The number of carboxylic acid groups (broad SMARTS) is 1. The summed E-state index contributed by atoms with van der Waals surface area (Å²) in [5.41, 5.74) is 4.17. The van der Waals surface area contributed by atoms with Crippen molar-refractivity contribution in [2.45, 2.75) is 38.4 Å². The van der Waals surface area contributed by atoms with Crippen LogP contribution in [0.4, 0.5) is 18.0 Å². The molecule has 3 rings (SSSR count). The van der Waals surface area contributed by atoms with Crippen LogP contribution in [0.1, 0.15) is 37.3 Å². The number of benzene rings is 2. The summed E-state index contributed by atoms with van der Waals surface area (Å²) in [6.07, 6.45) is -6.05. The molecule has 0 aromatic heterocycles. The smallest absolute Gasteiger partial charge is 0.407 e. The van der Waals surface area contributed by atoms with Gasteiger partial charge in [0.1, 0.15) is 19.7 Å². The van der Waals surface area contributed by atoms with E-state index in [0.717, 1.165) is 22.3 Å². The Morgan fingerprint density at radius 3 is 2.06 bits per heavy atom. The fraction of sp³-hybridized carbons (Fsp3) is 0.400. The van der Waals surface area contributed by atoms with Gasteiger partial charge in [0.05, 0.1) is 0 Å². The summed E-state index contributed by atoms with van der Waals surface area (Å²) in [7, 11) is 0. The average Bonchev–Trinajstić information content (AvgIpc) is 3.09. The van der Waals surface area contributed by atoms with E-state index in [1.165, 1.54) is 0 Å². The maximum atomic E-state index is 12.8. The number of carbonyl (C=O) groups excluding carboxylic acids is 2. The number of carbonyl (C=O) groups is 3. The molecule has 0 saturated carbocycles. The second kappa shape index (κ2) is 10.8. The van der Waals surface area contributed by atoms with E-state index in [0.29, 0.717) is 0 Å². The number of aliphatic carboxylic acids is 1. The van der Waals surface area contributed by atoms with E-state index in [1.54, 1.807) is 13.8 Å². The van der Waals surface area contributed by atoms with Crippen LogP contribution >= 0.6 is 0 Å². The molecule has 1 atom stereocenters. The van der Waals surface area contributed by atoms with Crippen LogP contribution in [0.3, 0.4) is 0 Å². The van der Waals surface area contributed by atoms with Gasteiger partial charge in [0.25, 0.3) is 0 Å². The number of alkyl halides is 3. The summed E-state index contributed by atoms with van der Waals surface area (Å²) in [6.45, 7) is 0.639. The third kappa shape index (κ3) is 6.74. The van der Waals surface area contributed by atoms with Crippen molar-refractivity contribution in [3.05, 3.63) is 59.7 Å². The number of carboxylic acids is 1. The number of fused-ring (bicyclic) bond motifs is 3. The minimum atomic E-state index is -4.75. The monoisotopic (exact) mass is 492 g/mol. The van der Waals surface area contributed by atoms with E-state index in [4.69, 9.17) is 9.84 Å². The van der Waals surface area contributed by atoms with Crippen molar-refractivity contribution in [2.75, 3.05) is 19.7 Å². The number of halogens is 3. The van der Waals surface area contributed by atoms with Crippen molar-refractivity contribution in [1.82, 2.24) is 10.2 Å². The summed E-state index contributed by atoms with van der Waals surface area (Å²) in [6, 6.07) is 14.8. The molecule has 0 radical (unpaired) electrons. The summed E-state index contributed by atoms with van der Waals surface area (Å²) in [4.78, 5) is 36.2. The number of nitrogens with one attached hydrogen (secondary N) is 1. The Hall–Kier alpha value is -3.56. The summed E-state index contributed by atoms with van der Waals surface area (Å²) in [5, 5.41) is 11.4. The average molecular weight is 492 g/mol. The first-order valence-corrected chi connectivity index (χ1v) is 11.1. The Kier molecular flexibility index (Phi) is 8.03. The van der Waals surface area contributed by atoms with Crippen molar-refractivity contribution in [2.24, 2.45) is 5.92 Å². The molecule has 2 amide bonds. The zero-order valence-corrected chi connectivity index (χ0v) is 19.3. The SMILES string of the molecule is CC(C)[C@@H](CC(=O)N(CC(=O)O)CC(F)(F)F)NC(=O)OCC1c2ccccc2-c2ccccc21. The number of alkyl carbamates (subject to hydrolysis) is 1. The highest BCUT2D eigenvalue weighted by Crippen LogP contribution is 2.44. The molecule has 1 aliphatic carbocycles. The number of amides is 2. The quantitative estimate of drug-likeness (QED) is 0.541. The topological polar surface area (TPSA) is 95.9 Å². The third-order valence-electron chi connectivity index (χ3n) is 5.90. The number of rotatable bonds is 9. The molecular weight excluding hydrogens is 465 g/mol. The Balaban J connectivity index is 1.64. The molecule has 2 aromatic carbocycles. The first-order valence-electron chi connectivity index (χ1n) is 11.1. The Labute approximate surface area is 200 Å². The Morgan fingerprint density at radius 1 is 1.03 bits per heavy atom. The number of hydrogen-bond donors (Lipinski definition) is 2. The predicted octanol–water partition coefficient (Wildman–Crippen LogP) is 4.42. The second-order valence-corrected chi connectivity index (χ2v) is 8.78. The molecule has 10 heteroatoms.